The van der Waals surface area contributed by atoms with E-state index in [9.17, 15) is 0 Å². The summed E-state index contributed by atoms with van der Waals surface area (Å²) in [6, 6.07) is 9.69. The molecule has 1 saturated carbocycles. The number of hydrogen-bond acceptors (Lipinski definition) is 3. The van der Waals surface area contributed by atoms with E-state index >= 15 is 0 Å². The van der Waals surface area contributed by atoms with E-state index in [1.165, 1.54) is 64.8 Å². The second-order valence-electron chi connectivity index (χ2n) is 8.78. The molecule has 4 nitrogen and oxygen atoms in total. The van der Waals surface area contributed by atoms with Gasteiger partial charge < -0.3 is 10.6 Å². The SMILES string of the molecule is Cc1cc(C)c(-n2c(C)cc3c(NCCNC4CCCC4)cc(C)nc32)c(C)c1. The van der Waals surface area contributed by atoms with Crippen LogP contribution in [0.2, 0.25) is 0 Å². The number of fused-ring (bicyclic) bond motifs is 1. The summed E-state index contributed by atoms with van der Waals surface area (Å²) in [6.07, 6.45) is 5.41. The van der Waals surface area contributed by atoms with Crippen LogP contribution in [0.3, 0.4) is 0 Å². The van der Waals surface area contributed by atoms with Crippen molar-refractivity contribution in [2.45, 2.75) is 66.3 Å². The normalized spacial score (nSPS) is 14.8. The van der Waals surface area contributed by atoms with Gasteiger partial charge in [-0.1, -0.05) is 30.5 Å². The molecule has 2 aromatic heterocycles. The number of hydrogen-bond donors (Lipinski definition) is 2. The van der Waals surface area contributed by atoms with Gasteiger partial charge >= 0.3 is 0 Å². The van der Waals surface area contributed by atoms with E-state index in [0.717, 1.165) is 24.4 Å². The molecule has 0 bridgehead atoms. The number of benzene rings is 1. The van der Waals surface area contributed by atoms with E-state index in [1.54, 1.807) is 0 Å². The van der Waals surface area contributed by atoms with E-state index < -0.39 is 0 Å². The monoisotopic (exact) mass is 390 g/mol. The van der Waals surface area contributed by atoms with E-state index in [1.807, 2.05) is 0 Å². The number of aryl methyl sites for hydroxylation is 5. The fourth-order valence-corrected chi connectivity index (χ4v) is 4.98. The van der Waals surface area contributed by atoms with Gasteiger partial charge in [-0.05, 0) is 70.7 Å². The van der Waals surface area contributed by atoms with E-state index in [-0.39, 0.29) is 0 Å². The zero-order valence-corrected chi connectivity index (χ0v) is 18.5. The molecular weight excluding hydrogens is 356 g/mol. The number of nitrogens with one attached hydrogen (secondary N) is 2. The van der Waals surface area contributed by atoms with Crippen LogP contribution in [-0.4, -0.2) is 28.7 Å². The van der Waals surface area contributed by atoms with Crippen LogP contribution in [0.15, 0.2) is 24.3 Å². The Kier molecular flexibility index (Phi) is 5.64. The van der Waals surface area contributed by atoms with Crippen LogP contribution in [0.25, 0.3) is 16.7 Å². The number of rotatable bonds is 6. The topological polar surface area (TPSA) is 41.9 Å². The number of pyridine rings is 1. The number of aromatic nitrogens is 2. The molecule has 4 heteroatoms. The third-order valence-corrected chi connectivity index (χ3v) is 6.17. The molecule has 0 aliphatic heterocycles. The first-order valence-electron chi connectivity index (χ1n) is 11.0. The Bertz CT molecular complexity index is 1000. The van der Waals surface area contributed by atoms with Crippen LogP contribution in [0.4, 0.5) is 5.69 Å². The second kappa shape index (κ2) is 8.19. The summed E-state index contributed by atoms with van der Waals surface area (Å²) in [7, 11) is 0. The lowest BCUT2D eigenvalue weighted by atomic mass is 10.0. The molecule has 1 aliphatic carbocycles. The van der Waals surface area contributed by atoms with Crippen molar-refractivity contribution in [3.8, 4) is 5.69 Å². The molecular formula is C25H34N4. The van der Waals surface area contributed by atoms with Crippen molar-refractivity contribution < 1.29 is 0 Å². The van der Waals surface area contributed by atoms with Gasteiger partial charge in [0.25, 0.3) is 0 Å². The number of anilines is 1. The summed E-state index contributed by atoms with van der Waals surface area (Å²) in [6.45, 7) is 12.8. The minimum atomic E-state index is 0.715. The lowest BCUT2D eigenvalue weighted by molar-refractivity contribution is 0.536. The minimum Gasteiger partial charge on any atom is -0.383 e. The Morgan fingerprint density at radius 3 is 2.31 bits per heavy atom. The Hall–Kier alpha value is -2.33. The predicted molar refractivity (Wildman–Crippen MR) is 124 cm³/mol. The summed E-state index contributed by atoms with van der Waals surface area (Å²) in [4.78, 5) is 4.94. The van der Waals surface area contributed by atoms with Gasteiger partial charge in [0.05, 0.1) is 5.69 Å². The fraction of sp³-hybridized carbons (Fsp3) is 0.480. The van der Waals surface area contributed by atoms with Crippen molar-refractivity contribution in [2.75, 3.05) is 18.4 Å². The lowest BCUT2D eigenvalue weighted by Crippen LogP contribution is -2.30. The summed E-state index contributed by atoms with van der Waals surface area (Å²) in [5.74, 6) is 0. The standard InChI is InChI=1S/C25H34N4/c1-16-12-17(2)24(18(3)13-16)29-20(5)15-22-23(14-19(4)28-25(22)29)27-11-10-26-21-8-6-7-9-21/h12-15,21,26H,6-11H2,1-5H3,(H,27,28). The molecule has 0 atom stereocenters. The molecule has 0 unspecified atom stereocenters. The third-order valence-electron chi connectivity index (χ3n) is 6.17. The molecule has 1 fully saturated rings. The summed E-state index contributed by atoms with van der Waals surface area (Å²) in [5, 5.41) is 8.56. The highest BCUT2D eigenvalue weighted by atomic mass is 15.1. The van der Waals surface area contributed by atoms with Crippen LogP contribution < -0.4 is 10.6 Å². The van der Waals surface area contributed by atoms with E-state index in [2.05, 4.69) is 74.1 Å². The summed E-state index contributed by atoms with van der Waals surface area (Å²) in [5.41, 5.74) is 9.65. The quantitative estimate of drug-likeness (QED) is 0.545. The number of nitrogens with zero attached hydrogens (tertiary/aromatic N) is 2. The largest absolute Gasteiger partial charge is 0.383 e. The van der Waals surface area contributed by atoms with Gasteiger partial charge in [0, 0.05) is 41.6 Å². The maximum absolute atomic E-state index is 4.94. The average Bonchev–Trinajstić information content (AvgIpc) is 3.27. The van der Waals surface area contributed by atoms with Gasteiger partial charge in [0.1, 0.15) is 5.65 Å². The Morgan fingerprint density at radius 2 is 1.62 bits per heavy atom. The molecule has 1 aromatic carbocycles. The van der Waals surface area contributed by atoms with Crippen LogP contribution >= 0.6 is 0 Å². The van der Waals surface area contributed by atoms with Crippen LogP contribution in [-0.2, 0) is 0 Å². The van der Waals surface area contributed by atoms with Crippen molar-refractivity contribution >= 4 is 16.7 Å². The first-order chi connectivity index (χ1) is 13.9. The Morgan fingerprint density at radius 1 is 0.931 bits per heavy atom. The molecule has 2 N–H and O–H groups in total. The predicted octanol–water partition coefficient (Wildman–Crippen LogP) is 5.51. The van der Waals surface area contributed by atoms with Crippen molar-refractivity contribution in [2.24, 2.45) is 0 Å². The summed E-state index contributed by atoms with van der Waals surface area (Å²) >= 11 is 0. The molecule has 1 aliphatic rings. The fourth-order valence-electron chi connectivity index (χ4n) is 4.98. The molecule has 0 spiro atoms. The second-order valence-corrected chi connectivity index (χ2v) is 8.78. The smallest absolute Gasteiger partial charge is 0.147 e. The Balaban J connectivity index is 1.65. The highest BCUT2D eigenvalue weighted by Crippen LogP contribution is 2.32. The highest BCUT2D eigenvalue weighted by Gasteiger charge is 2.17. The van der Waals surface area contributed by atoms with Gasteiger partial charge in [-0.25, -0.2) is 4.98 Å². The molecule has 2 heterocycles. The van der Waals surface area contributed by atoms with Crippen LogP contribution in [0.1, 0.15) is 53.8 Å². The van der Waals surface area contributed by atoms with Crippen molar-refractivity contribution in [3.05, 3.63) is 52.3 Å². The van der Waals surface area contributed by atoms with Gasteiger partial charge in [-0.2, -0.15) is 0 Å². The lowest BCUT2D eigenvalue weighted by Gasteiger charge is -2.16. The minimum absolute atomic E-state index is 0.715. The van der Waals surface area contributed by atoms with Gasteiger partial charge in [-0.3, -0.25) is 4.57 Å². The Labute approximate surface area is 174 Å². The molecule has 0 amide bonds. The molecule has 3 aromatic rings. The van der Waals surface area contributed by atoms with E-state index in [4.69, 9.17) is 4.98 Å². The van der Waals surface area contributed by atoms with Crippen molar-refractivity contribution in [3.63, 3.8) is 0 Å². The zero-order chi connectivity index (χ0) is 20.5. The van der Waals surface area contributed by atoms with Gasteiger partial charge in [-0.15, -0.1) is 0 Å². The molecule has 0 radical (unpaired) electrons. The molecule has 4 rings (SSSR count). The molecule has 154 valence electrons. The summed E-state index contributed by atoms with van der Waals surface area (Å²) < 4.78 is 2.33. The first kappa shape index (κ1) is 20.0. The maximum Gasteiger partial charge on any atom is 0.147 e. The van der Waals surface area contributed by atoms with Crippen molar-refractivity contribution in [1.29, 1.82) is 0 Å². The van der Waals surface area contributed by atoms with Crippen LogP contribution in [0.5, 0.6) is 0 Å². The molecule has 29 heavy (non-hydrogen) atoms. The third kappa shape index (κ3) is 4.04. The van der Waals surface area contributed by atoms with Crippen LogP contribution in [0, 0.1) is 34.6 Å². The first-order valence-corrected chi connectivity index (χ1v) is 11.0. The van der Waals surface area contributed by atoms with Crippen molar-refractivity contribution in [1.82, 2.24) is 14.9 Å². The van der Waals surface area contributed by atoms with Gasteiger partial charge in [0.2, 0.25) is 0 Å². The maximum atomic E-state index is 4.94. The average molecular weight is 391 g/mol. The highest BCUT2D eigenvalue weighted by molar-refractivity contribution is 5.92. The zero-order valence-electron chi connectivity index (χ0n) is 18.5. The van der Waals surface area contributed by atoms with Gasteiger partial charge in [0.15, 0.2) is 0 Å². The molecule has 0 saturated heterocycles. The van der Waals surface area contributed by atoms with E-state index in [0.29, 0.717) is 6.04 Å².